The van der Waals surface area contributed by atoms with Crippen LogP contribution in [0.4, 0.5) is 0 Å². The lowest BCUT2D eigenvalue weighted by atomic mass is 10.1. The van der Waals surface area contributed by atoms with Crippen molar-refractivity contribution >= 4 is 5.91 Å². The fourth-order valence-electron chi connectivity index (χ4n) is 3.39. The van der Waals surface area contributed by atoms with E-state index in [2.05, 4.69) is 24.4 Å². The predicted molar refractivity (Wildman–Crippen MR) is 113 cm³/mol. The van der Waals surface area contributed by atoms with Gasteiger partial charge in [0.1, 0.15) is 0 Å². The van der Waals surface area contributed by atoms with Gasteiger partial charge in [0.2, 0.25) is 0 Å². The second kappa shape index (κ2) is 16.1. The number of unbranched alkanes of at least 4 members (excludes halogenated alkanes) is 11. The molecule has 0 unspecified atom stereocenters. The van der Waals surface area contributed by atoms with Crippen LogP contribution in [0.25, 0.3) is 0 Å². The molecule has 1 aliphatic rings. The molecular formula is C23H43NO3. The molecule has 0 saturated carbocycles. The standard InChI is InChI=1S/C23H43NO3/c1-3-4-5-6-7-8-9-10-11-12-13-14-15-16-17-18-21-22(27-21)23(26)24-20(2)19-25/h15-16,20-22,25H,3-14,17-19H2,1-2H3,(H,24,26)/b16-15+/t20-,21+,22+/m1/s1. The first-order valence-electron chi connectivity index (χ1n) is 11.4. The summed E-state index contributed by atoms with van der Waals surface area (Å²) in [7, 11) is 0. The Morgan fingerprint density at radius 3 is 2.11 bits per heavy atom. The predicted octanol–water partition coefficient (Wildman–Crippen LogP) is 5.29. The van der Waals surface area contributed by atoms with Crippen LogP contribution < -0.4 is 5.32 Å². The van der Waals surface area contributed by atoms with Crippen molar-refractivity contribution < 1.29 is 14.6 Å². The van der Waals surface area contributed by atoms with Crippen LogP contribution in [0, 0.1) is 0 Å². The van der Waals surface area contributed by atoms with Crippen LogP contribution in [-0.2, 0) is 9.53 Å². The molecule has 0 radical (unpaired) electrons. The molecule has 2 N–H and O–H groups in total. The van der Waals surface area contributed by atoms with Crippen molar-refractivity contribution in [1.82, 2.24) is 5.32 Å². The molecule has 27 heavy (non-hydrogen) atoms. The van der Waals surface area contributed by atoms with Crippen LogP contribution in [0.15, 0.2) is 12.2 Å². The van der Waals surface area contributed by atoms with E-state index in [1.807, 2.05) is 0 Å². The van der Waals surface area contributed by atoms with Gasteiger partial charge in [-0.2, -0.15) is 0 Å². The van der Waals surface area contributed by atoms with Crippen LogP contribution in [0.1, 0.15) is 104 Å². The van der Waals surface area contributed by atoms with Gasteiger partial charge in [0.05, 0.1) is 12.7 Å². The smallest absolute Gasteiger partial charge is 0.252 e. The third-order valence-corrected chi connectivity index (χ3v) is 5.26. The van der Waals surface area contributed by atoms with E-state index in [1.54, 1.807) is 6.92 Å². The molecule has 0 spiro atoms. The molecule has 1 saturated heterocycles. The number of nitrogens with one attached hydrogen (secondary N) is 1. The Balaban J connectivity index is 1.82. The Morgan fingerprint density at radius 1 is 0.963 bits per heavy atom. The van der Waals surface area contributed by atoms with Gasteiger partial charge < -0.3 is 15.2 Å². The van der Waals surface area contributed by atoms with Gasteiger partial charge in [-0.3, -0.25) is 4.79 Å². The summed E-state index contributed by atoms with van der Waals surface area (Å²) in [5, 5.41) is 11.7. The van der Waals surface area contributed by atoms with E-state index in [9.17, 15) is 4.79 Å². The zero-order chi connectivity index (χ0) is 19.7. The van der Waals surface area contributed by atoms with E-state index < -0.39 is 0 Å². The highest BCUT2D eigenvalue weighted by Gasteiger charge is 2.44. The van der Waals surface area contributed by atoms with Gasteiger partial charge in [0, 0.05) is 6.04 Å². The lowest BCUT2D eigenvalue weighted by molar-refractivity contribution is -0.123. The number of hydrogen-bond acceptors (Lipinski definition) is 3. The fourth-order valence-corrected chi connectivity index (χ4v) is 3.39. The number of rotatable bonds is 18. The third kappa shape index (κ3) is 13.0. The Morgan fingerprint density at radius 2 is 1.52 bits per heavy atom. The summed E-state index contributed by atoms with van der Waals surface area (Å²) in [5.74, 6) is -0.0912. The summed E-state index contributed by atoms with van der Waals surface area (Å²) in [4.78, 5) is 11.8. The second-order valence-corrected chi connectivity index (χ2v) is 8.06. The van der Waals surface area contributed by atoms with E-state index in [0.29, 0.717) is 0 Å². The van der Waals surface area contributed by atoms with Crippen molar-refractivity contribution in [2.45, 2.75) is 122 Å². The maximum atomic E-state index is 11.8. The highest BCUT2D eigenvalue weighted by Crippen LogP contribution is 2.27. The quantitative estimate of drug-likeness (QED) is 0.193. The summed E-state index contributed by atoms with van der Waals surface area (Å²) in [6.07, 6.45) is 22.6. The van der Waals surface area contributed by atoms with Crippen molar-refractivity contribution in [3.05, 3.63) is 12.2 Å². The Bertz CT molecular complexity index is 397. The largest absolute Gasteiger partial charge is 0.394 e. The molecular weight excluding hydrogens is 338 g/mol. The number of aliphatic hydroxyl groups excluding tert-OH is 1. The number of hydrogen-bond donors (Lipinski definition) is 2. The molecule has 0 aromatic rings. The number of carbonyl (C=O) groups excluding carboxylic acids is 1. The Kier molecular flexibility index (Phi) is 14.4. The Hall–Kier alpha value is -0.870. The monoisotopic (exact) mass is 381 g/mol. The zero-order valence-corrected chi connectivity index (χ0v) is 17.8. The van der Waals surface area contributed by atoms with Crippen molar-refractivity contribution in [2.75, 3.05) is 6.61 Å². The maximum Gasteiger partial charge on any atom is 0.252 e. The zero-order valence-electron chi connectivity index (χ0n) is 17.8. The van der Waals surface area contributed by atoms with Gasteiger partial charge in [-0.05, 0) is 32.6 Å². The van der Waals surface area contributed by atoms with Crippen LogP contribution in [0.5, 0.6) is 0 Å². The molecule has 1 fully saturated rings. The van der Waals surface area contributed by atoms with E-state index in [4.69, 9.17) is 9.84 Å². The topological polar surface area (TPSA) is 61.9 Å². The normalized spacial score (nSPS) is 20.1. The van der Waals surface area contributed by atoms with Gasteiger partial charge in [-0.1, -0.05) is 83.3 Å². The summed E-state index contributed by atoms with van der Waals surface area (Å²) in [6, 6.07) is -0.201. The summed E-state index contributed by atoms with van der Waals surface area (Å²) in [6.45, 7) is 4.02. The van der Waals surface area contributed by atoms with Crippen molar-refractivity contribution in [3.8, 4) is 0 Å². The molecule has 4 heteroatoms. The minimum Gasteiger partial charge on any atom is -0.394 e. The average molecular weight is 382 g/mol. The summed E-state index contributed by atoms with van der Waals surface area (Å²) < 4.78 is 5.42. The molecule has 0 aliphatic carbocycles. The van der Waals surface area contributed by atoms with E-state index >= 15 is 0 Å². The minimum absolute atomic E-state index is 0.0368. The van der Waals surface area contributed by atoms with Crippen LogP contribution in [0.3, 0.4) is 0 Å². The highest BCUT2D eigenvalue weighted by molar-refractivity contribution is 5.83. The van der Waals surface area contributed by atoms with Crippen molar-refractivity contribution in [1.29, 1.82) is 0 Å². The first-order valence-corrected chi connectivity index (χ1v) is 11.4. The van der Waals surface area contributed by atoms with E-state index in [1.165, 1.54) is 77.0 Å². The number of allylic oxidation sites excluding steroid dienone is 2. The molecule has 1 heterocycles. The third-order valence-electron chi connectivity index (χ3n) is 5.26. The molecule has 1 aliphatic heterocycles. The molecule has 158 valence electrons. The maximum absolute atomic E-state index is 11.8. The number of ether oxygens (including phenoxy) is 1. The fraction of sp³-hybridized carbons (Fsp3) is 0.870. The SMILES string of the molecule is CCCCCCCCCCCCC/C=C/CC[C@@H]1O[C@@H]1C(=O)N[C@H](C)CO. The first-order chi connectivity index (χ1) is 13.2. The van der Waals surface area contributed by atoms with Crippen LogP contribution in [0.2, 0.25) is 0 Å². The second-order valence-electron chi connectivity index (χ2n) is 8.06. The van der Waals surface area contributed by atoms with Crippen molar-refractivity contribution in [2.24, 2.45) is 0 Å². The van der Waals surface area contributed by atoms with Gasteiger partial charge >= 0.3 is 0 Å². The average Bonchev–Trinajstić information content (AvgIpc) is 3.44. The minimum atomic E-state index is -0.306. The molecule has 0 aromatic carbocycles. The van der Waals surface area contributed by atoms with Gasteiger partial charge in [-0.15, -0.1) is 0 Å². The summed E-state index contributed by atoms with van der Waals surface area (Å²) in [5.41, 5.74) is 0. The van der Waals surface area contributed by atoms with Crippen LogP contribution in [-0.4, -0.2) is 35.9 Å². The molecule has 0 bridgehead atoms. The van der Waals surface area contributed by atoms with Gasteiger partial charge in [-0.25, -0.2) is 0 Å². The van der Waals surface area contributed by atoms with Gasteiger partial charge in [0.15, 0.2) is 6.10 Å². The highest BCUT2D eigenvalue weighted by atomic mass is 16.6. The van der Waals surface area contributed by atoms with Crippen LogP contribution >= 0.6 is 0 Å². The lowest BCUT2D eigenvalue weighted by Crippen LogP contribution is -2.38. The number of carbonyl (C=O) groups is 1. The number of epoxide rings is 1. The van der Waals surface area contributed by atoms with E-state index in [0.717, 1.165) is 12.8 Å². The van der Waals surface area contributed by atoms with Gasteiger partial charge in [0.25, 0.3) is 5.91 Å². The van der Waals surface area contributed by atoms with Crippen molar-refractivity contribution in [3.63, 3.8) is 0 Å². The molecule has 1 amide bonds. The Labute approximate surface area is 167 Å². The summed E-state index contributed by atoms with van der Waals surface area (Å²) >= 11 is 0. The lowest BCUT2D eigenvalue weighted by Gasteiger charge is -2.08. The number of aliphatic hydroxyl groups is 1. The molecule has 3 atom stereocenters. The van der Waals surface area contributed by atoms with E-state index in [-0.39, 0.29) is 30.8 Å². The number of amides is 1. The first kappa shape index (κ1) is 24.2. The molecule has 1 rings (SSSR count). The molecule has 4 nitrogen and oxygen atoms in total. The molecule has 0 aromatic heterocycles.